The van der Waals surface area contributed by atoms with Gasteiger partial charge in [-0.15, -0.1) is 0 Å². The van der Waals surface area contributed by atoms with Crippen molar-refractivity contribution in [3.8, 4) is 23.0 Å². The first-order chi connectivity index (χ1) is 22.8. The number of carbonyl (C=O) groups excluding carboxylic acids is 1. The van der Waals surface area contributed by atoms with Crippen molar-refractivity contribution >= 4 is 35.0 Å². The molecule has 0 unspecified atom stereocenters. The van der Waals surface area contributed by atoms with E-state index in [1.807, 2.05) is 67.6 Å². The van der Waals surface area contributed by atoms with E-state index >= 15 is 0 Å². The number of rotatable bonds is 10. The van der Waals surface area contributed by atoms with Gasteiger partial charge in [0.25, 0.3) is 5.56 Å². The molecule has 1 aliphatic rings. The van der Waals surface area contributed by atoms with Crippen molar-refractivity contribution in [3.63, 3.8) is 0 Å². The third-order valence-electron chi connectivity index (χ3n) is 7.48. The zero-order valence-electron chi connectivity index (χ0n) is 25.9. The number of methoxy groups -OCH3 is 1. The van der Waals surface area contributed by atoms with E-state index in [-0.39, 0.29) is 17.7 Å². The second kappa shape index (κ2) is 14.1. The summed E-state index contributed by atoms with van der Waals surface area (Å²) in [6, 6.07) is 28.7. The fraction of sp³-hybridized carbons (Fsp3) is 0.162. The molecule has 5 aromatic rings. The lowest BCUT2D eigenvalue weighted by Crippen LogP contribution is -2.40. The number of halogens is 1. The van der Waals surface area contributed by atoms with Crippen LogP contribution >= 0.6 is 22.9 Å². The number of nitrogens with zero attached hydrogens (tertiary/aromatic N) is 2. The number of allylic oxidation sites excluding steroid dienone is 1. The predicted octanol–water partition coefficient (Wildman–Crippen LogP) is 6.27. The summed E-state index contributed by atoms with van der Waals surface area (Å²) in [5, 5.41) is 0.322. The highest BCUT2D eigenvalue weighted by Gasteiger charge is 2.33. The third-order valence-corrected chi connectivity index (χ3v) is 8.74. The number of esters is 1. The number of fused-ring (bicyclic) bond motifs is 1. The van der Waals surface area contributed by atoms with E-state index in [2.05, 4.69) is 4.99 Å². The fourth-order valence-corrected chi connectivity index (χ4v) is 6.56. The normalized spacial score (nSPS) is 14.3. The molecule has 0 spiro atoms. The molecule has 0 radical (unpaired) electrons. The quantitative estimate of drug-likeness (QED) is 0.0992. The Morgan fingerprint density at radius 1 is 0.915 bits per heavy atom. The molecule has 8 nitrogen and oxygen atoms in total. The van der Waals surface area contributed by atoms with Crippen LogP contribution in [0.4, 0.5) is 0 Å². The van der Waals surface area contributed by atoms with Gasteiger partial charge in [0, 0.05) is 0 Å². The Kier molecular flexibility index (Phi) is 9.56. The van der Waals surface area contributed by atoms with Crippen molar-refractivity contribution < 1.29 is 23.7 Å². The molecule has 0 amide bonds. The van der Waals surface area contributed by atoms with Gasteiger partial charge in [0.05, 0.1) is 34.0 Å². The van der Waals surface area contributed by atoms with E-state index in [1.54, 1.807) is 54.0 Å². The third kappa shape index (κ3) is 7.01. The summed E-state index contributed by atoms with van der Waals surface area (Å²) in [6.07, 6.45) is 1.73. The predicted molar refractivity (Wildman–Crippen MR) is 182 cm³/mol. The zero-order chi connectivity index (χ0) is 32.9. The molecule has 4 aromatic carbocycles. The summed E-state index contributed by atoms with van der Waals surface area (Å²) < 4.78 is 25.0. The molecule has 238 valence electrons. The number of hydrogen-bond acceptors (Lipinski definition) is 8. The van der Waals surface area contributed by atoms with E-state index in [1.165, 1.54) is 18.4 Å². The molecule has 0 N–H and O–H groups in total. The topological polar surface area (TPSA) is 88.4 Å². The molecule has 2 heterocycles. The van der Waals surface area contributed by atoms with Gasteiger partial charge in [0.1, 0.15) is 24.7 Å². The van der Waals surface area contributed by atoms with Crippen LogP contribution in [0.3, 0.4) is 0 Å². The Labute approximate surface area is 280 Å². The minimum atomic E-state index is -0.734. The molecule has 1 aliphatic heterocycles. The maximum Gasteiger partial charge on any atom is 0.343 e. The monoisotopic (exact) mass is 666 g/mol. The first-order valence-corrected chi connectivity index (χ1v) is 16.1. The molecule has 0 aliphatic carbocycles. The van der Waals surface area contributed by atoms with Gasteiger partial charge >= 0.3 is 5.97 Å². The van der Waals surface area contributed by atoms with Crippen LogP contribution in [0.25, 0.3) is 6.08 Å². The molecule has 1 atom stereocenters. The Bertz CT molecular complexity index is 2120. The molecule has 0 bridgehead atoms. The summed E-state index contributed by atoms with van der Waals surface area (Å²) in [4.78, 5) is 32.8. The molecule has 1 aromatic heterocycles. The van der Waals surface area contributed by atoms with Gasteiger partial charge in [-0.3, -0.25) is 9.36 Å². The van der Waals surface area contributed by atoms with Crippen LogP contribution in [-0.4, -0.2) is 30.9 Å². The van der Waals surface area contributed by atoms with Gasteiger partial charge in [0.15, 0.2) is 16.3 Å². The number of carbonyl (C=O) groups is 1. The molecule has 47 heavy (non-hydrogen) atoms. The van der Waals surface area contributed by atoms with Crippen molar-refractivity contribution in [3.05, 3.63) is 150 Å². The van der Waals surface area contributed by atoms with Crippen LogP contribution in [0.2, 0.25) is 5.02 Å². The standard InChI is InChI=1S/C37H31ClN2O6S/c1-23-14-16-27(17-15-23)44-18-19-45-34-29(38)20-25(21-30(34)43-3)22-31-35(41)40-33(26-10-6-4-7-11-26)32(24(2)39-37(40)47-31)36(42)46-28-12-8-5-9-13-28/h4-17,20-22,33H,18-19H2,1-3H3/b31-22+/t33-/m1/s1. The van der Waals surface area contributed by atoms with Crippen LogP contribution in [0.1, 0.15) is 29.7 Å². The zero-order valence-corrected chi connectivity index (χ0v) is 27.5. The summed E-state index contributed by atoms with van der Waals surface area (Å²) in [5.74, 6) is 1.37. The summed E-state index contributed by atoms with van der Waals surface area (Å²) in [5.41, 5.74) is 3.01. The summed E-state index contributed by atoms with van der Waals surface area (Å²) in [6.45, 7) is 4.33. The minimum absolute atomic E-state index is 0.246. The van der Waals surface area contributed by atoms with Crippen molar-refractivity contribution in [1.29, 1.82) is 0 Å². The van der Waals surface area contributed by atoms with Crippen molar-refractivity contribution in [2.75, 3.05) is 20.3 Å². The Morgan fingerprint density at radius 3 is 2.30 bits per heavy atom. The molecule has 10 heteroatoms. The van der Waals surface area contributed by atoms with Crippen LogP contribution in [0, 0.1) is 6.92 Å². The van der Waals surface area contributed by atoms with Crippen LogP contribution < -0.4 is 33.8 Å². The Balaban J connectivity index is 1.31. The summed E-state index contributed by atoms with van der Waals surface area (Å²) >= 11 is 7.88. The number of para-hydroxylation sites is 1. The van der Waals surface area contributed by atoms with Crippen molar-refractivity contribution in [2.45, 2.75) is 19.9 Å². The van der Waals surface area contributed by atoms with Gasteiger partial charge in [-0.05, 0) is 67.4 Å². The lowest BCUT2D eigenvalue weighted by molar-refractivity contribution is -0.130. The molecule has 0 fully saturated rings. The molecule has 6 rings (SSSR count). The smallest absolute Gasteiger partial charge is 0.343 e. The maximum absolute atomic E-state index is 14.1. The molecule has 0 saturated carbocycles. The largest absolute Gasteiger partial charge is 0.493 e. The van der Waals surface area contributed by atoms with Crippen LogP contribution in [-0.2, 0) is 4.79 Å². The summed E-state index contributed by atoms with van der Waals surface area (Å²) in [7, 11) is 1.53. The van der Waals surface area contributed by atoms with Gasteiger partial charge in [0.2, 0.25) is 0 Å². The first kappa shape index (κ1) is 31.8. The SMILES string of the molecule is COc1cc(/C=c2/sc3n(c2=O)[C@H](c2ccccc2)C(C(=O)Oc2ccccc2)=C(C)N=3)cc(Cl)c1OCCOc1ccc(C)cc1. The van der Waals surface area contributed by atoms with Crippen LogP contribution in [0.15, 0.2) is 118 Å². The van der Waals surface area contributed by atoms with Crippen molar-refractivity contribution in [2.24, 2.45) is 4.99 Å². The van der Waals surface area contributed by atoms with E-state index in [0.717, 1.165) is 16.9 Å². The van der Waals surface area contributed by atoms with E-state index in [4.69, 9.17) is 30.5 Å². The average molecular weight is 667 g/mol. The Hall–Kier alpha value is -5.12. The Morgan fingerprint density at radius 2 is 1.60 bits per heavy atom. The number of benzene rings is 4. The number of hydrogen-bond donors (Lipinski definition) is 0. The first-order valence-electron chi connectivity index (χ1n) is 14.9. The van der Waals surface area contributed by atoms with E-state index in [0.29, 0.717) is 49.5 Å². The highest BCUT2D eigenvalue weighted by Crippen LogP contribution is 2.37. The number of aryl methyl sites for hydroxylation is 1. The van der Waals surface area contributed by atoms with E-state index < -0.39 is 12.0 Å². The van der Waals surface area contributed by atoms with E-state index in [9.17, 15) is 9.59 Å². The molecule has 0 saturated heterocycles. The van der Waals surface area contributed by atoms with Gasteiger partial charge in [-0.1, -0.05) is 89.2 Å². The minimum Gasteiger partial charge on any atom is -0.493 e. The number of aromatic nitrogens is 1. The highest BCUT2D eigenvalue weighted by molar-refractivity contribution is 7.07. The maximum atomic E-state index is 14.1. The lowest BCUT2D eigenvalue weighted by atomic mass is 9.96. The molecular weight excluding hydrogens is 636 g/mol. The van der Waals surface area contributed by atoms with Crippen molar-refractivity contribution in [1.82, 2.24) is 4.57 Å². The average Bonchev–Trinajstić information content (AvgIpc) is 3.38. The van der Waals surface area contributed by atoms with Crippen LogP contribution in [0.5, 0.6) is 23.0 Å². The highest BCUT2D eigenvalue weighted by atomic mass is 35.5. The number of ether oxygens (including phenoxy) is 4. The fourth-order valence-electron chi connectivity index (χ4n) is 5.24. The van der Waals surface area contributed by atoms with Gasteiger partial charge < -0.3 is 18.9 Å². The molecular formula is C37H31ClN2O6S. The second-order valence-electron chi connectivity index (χ2n) is 10.7. The van der Waals surface area contributed by atoms with Gasteiger partial charge in [-0.2, -0.15) is 0 Å². The lowest BCUT2D eigenvalue weighted by Gasteiger charge is -2.24. The number of thiazole rings is 1. The second-order valence-corrected chi connectivity index (χ2v) is 12.2. The van der Waals surface area contributed by atoms with Gasteiger partial charge in [-0.25, -0.2) is 9.79 Å².